The van der Waals surface area contributed by atoms with E-state index in [9.17, 15) is 34.5 Å². The number of carbonyl (C=O) groups is 4. The summed E-state index contributed by atoms with van der Waals surface area (Å²) in [5.74, 6) is -3.24. The van der Waals surface area contributed by atoms with E-state index < -0.39 is 17.9 Å². The first-order chi connectivity index (χ1) is 19.2. The molecule has 0 aliphatic carbocycles. The summed E-state index contributed by atoms with van der Waals surface area (Å²) in [7, 11) is 0. The number of nitrogens with one attached hydrogen (secondary N) is 1. The maximum absolute atomic E-state index is 12.6. The second-order valence-corrected chi connectivity index (χ2v) is 9.26. The number of hydrogen-bond acceptors (Lipinski definition) is 12. The van der Waals surface area contributed by atoms with Gasteiger partial charge in [0.05, 0.1) is 65.8 Å². The first-order valence-corrected chi connectivity index (χ1v) is 13.4. The van der Waals surface area contributed by atoms with Crippen molar-refractivity contribution in [3.63, 3.8) is 0 Å². The van der Waals surface area contributed by atoms with Crippen molar-refractivity contribution in [2.24, 2.45) is 5.73 Å². The molecule has 0 aromatic carbocycles. The Kier molecular flexibility index (Phi) is 19.8. The molecule has 232 valence electrons. The lowest BCUT2D eigenvalue weighted by Gasteiger charge is -2.32. The number of ether oxygens (including phenoxy) is 3. The van der Waals surface area contributed by atoms with Crippen molar-refractivity contribution in [1.82, 2.24) is 24.9 Å². The number of hydrogen-bond donors (Lipinski definition) is 5. The lowest BCUT2D eigenvalue weighted by Crippen LogP contribution is -2.50. The number of nitrogens with zero attached hydrogens (tertiary/aromatic N) is 4. The molecule has 0 spiro atoms. The second kappa shape index (κ2) is 22.3. The summed E-state index contributed by atoms with van der Waals surface area (Å²) in [6.45, 7) is 5.39. The standard InChI is InChI=1S/C24H46N6O10/c25-1-11-38-13-15-40-16-14-39-12-2-26-21(31)17-27-3-5-28(18-22(32)33)7-9-30(20-24(36)37)10-8-29(6-4-27)19-23(34)35/h1-20,25H2,(H,26,31)(H,32,33)(H,34,35)(H,36,37). The van der Waals surface area contributed by atoms with Crippen molar-refractivity contribution in [2.45, 2.75) is 0 Å². The summed E-state index contributed by atoms with van der Waals surface area (Å²) < 4.78 is 16.0. The van der Waals surface area contributed by atoms with E-state index in [-0.39, 0.29) is 32.1 Å². The van der Waals surface area contributed by atoms with Gasteiger partial charge in [-0.25, -0.2) is 0 Å². The predicted octanol–water partition coefficient (Wildman–Crippen LogP) is -3.41. The molecule has 6 N–H and O–H groups in total. The third kappa shape index (κ3) is 19.6. The maximum Gasteiger partial charge on any atom is 0.317 e. The van der Waals surface area contributed by atoms with E-state index >= 15 is 0 Å². The van der Waals surface area contributed by atoms with Crippen LogP contribution in [0, 0.1) is 0 Å². The highest BCUT2D eigenvalue weighted by molar-refractivity contribution is 5.78. The molecule has 1 heterocycles. The molecule has 1 amide bonds. The molecule has 1 rings (SSSR count). The summed E-state index contributed by atoms with van der Waals surface area (Å²) in [5.41, 5.74) is 5.33. The minimum Gasteiger partial charge on any atom is -0.480 e. The summed E-state index contributed by atoms with van der Waals surface area (Å²) in [6.07, 6.45) is 0. The van der Waals surface area contributed by atoms with Crippen LogP contribution in [0.2, 0.25) is 0 Å². The quantitative estimate of drug-likeness (QED) is 0.0946. The molecule has 0 saturated carbocycles. The minimum atomic E-state index is -1.01. The van der Waals surface area contributed by atoms with E-state index in [0.717, 1.165) is 0 Å². The van der Waals surface area contributed by atoms with Crippen LogP contribution in [-0.4, -0.2) is 190 Å². The van der Waals surface area contributed by atoms with Gasteiger partial charge in [0.25, 0.3) is 0 Å². The van der Waals surface area contributed by atoms with Crippen LogP contribution in [0.4, 0.5) is 0 Å². The van der Waals surface area contributed by atoms with Gasteiger partial charge < -0.3 is 40.6 Å². The topological polar surface area (TPSA) is 208 Å². The third-order valence-corrected chi connectivity index (χ3v) is 5.95. The number of rotatable bonds is 19. The monoisotopic (exact) mass is 578 g/mol. The lowest BCUT2D eigenvalue weighted by atomic mass is 10.3. The Hall–Kier alpha value is -2.44. The summed E-state index contributed by atoms with van der Waals surface area (Å²) >= 11 is 0. The van der Waals surface area contributed by atoms with Gasteiger partial charge >= 0.3 is 17.9 Å². The van der Waals surface area contributed by atoms with Crippen LogP contribution in [0.1, 0.15) is 0 Å². The molecule has 0 bridgehead atoms. The molecule has 1 saturated heterocycles. The van der Waals surface area contributed by atoms with E-state index in [1.165, 1.54) is 0 Å². The van der Waals surface area contributed by atoms with Gasteiger partial charge in [-0.05, 0) is 0 Å². The van der Waals surface area contributed by atoms with Gasteiger partial charge in [-0.2, -0.15) is 0 Å². The first-order valence-electron chi connectivity index (χ1n) is 13.4. The van der Waals surface area contributed by atoms with Gasteiger partial charge in [-0.3, -0.25) is 38.8 Å². The highest BCUT2D eigenvalue weighted by Gasteiger charge is 2.21. The zero-order valence-corrected chi connectivity index (χ0v) is 23.2. The summed E-state index contributed by atoms with van der Waals surface area (Å²) in [4.78, 5) is 53.5. The van der Waals surface area contributed by atoms with Gasteiger partial charge in [0, 0.05) is 65.4 Å². The zero-order chi connectivity index (χ0) is 29.6. The number of carboxylic acids is 3. The van der Waals surface area contributed by atoms with E-state index in [2.05, 4.69) is 5.32 Å². The predicted molar refractivity (Wildman–Crippen MR) is 143 cm³/mol. The molecule has 0 aromatic rings. The Morgan fingerprint density at radius 3 is 1.23 bits per heavy atom. The number of amides is 1. The molecule has 16 heteroatoms. The van der Waals surface area contributed by atoms with Gasteiger partial charge in [-0.15, -0.1) is 0 Å². The van der Waals surface area contributed by atoms with Gasteiger partial charge in [0.15, 0.2) is 0 Å². The molecule has 0 unspecified atom stereocenters. The Balaban J connectivity index is 2.57. The molecule has 0 radical (unpaired) electrons. The van der Waals surface area contributed by atoms with E-state index in [4.69, 9.17) is 19.9 Å². The first kappa shape index (κ1) is 35.6. The molecule has 0 atom stereocenters. The smallest absolute Gasteiger partial charge is 0.317 e. The van der Waals surface area contributed by atoms with E-state index in [1.807, 2.05) is 4.90 Å². The molecular formula is C24H46N6O10. The fraction of sp³-hybridized carbons (Fsp3) is 0.833. The molecule has 1 aliphatic heterocycles. The van der Waals surface area contributed by atoms with Crippen molar-refractivity contribution >= 4 is 23.8 Å². The second-order valence-electron chi connectivity index (χ2n) is 9.26. The molecule has 1 aliphatic rings. The average molecular weight is 579 g/mol. The highest BCUT2D eigenvalue weighted by Crippen LogP contribution is 2.01. The Morgan fingerprint density at radius 2 is 0.875 bits per heavy atom. The minimum absolute atomic E-state index is 0.0544. The summed E-state index contributed by atoms with van der Waals surface area (Å²) in [6, 6.07) is 0. The van der Waals surface area contributed by atoms with Crippen LogP contribution < -0.4 is 11.1 Å². The number of carbonyl (C=O) groups excluding carboxylic acids is 1. The van der Waals surface area contributed by atoms with Crippen LogP contribution in [0.15, 0.2) is 0 Å². The van der Waals surface area contributed by atoms with Crippen LogP contribution in [0.3, 0.4) is 0 Å². The molecule has 16 nitrogen and oxygen atoms in total. The van der Waals surface area contributed by atoms with Crippen molar-refractivity contribution in [1.29, 1.82) is 0 Å². The van der Waals surface area contributed by atoms with Crippen molar-refractivity contribution in [3.05, 3.63) is 0 Å². The largest absolute Gasteiger partial charge is 0.480 e. The van der Waals surface area contributed by atoms with Crippen LogP contribution in [-0.2, 0) is 33.4 Å². The van der Waals surface area contributed by atoms with Crippen molar-refractivity contribution in [2.75, 3.05) is 131 Å². The zero-order valence-electron chi connectivity index (χ0n) is 23.2. The third-order valence-electron chi connectivity index (χ3n) is 5.95. The molecule has 1 fully saturated rings. The SMILES string of the molecule is NCCOCCOCCOCCNC(=O)CN1CCN(CC(=O)O)CCN(CC(=O)O)CCN(CC(=O)O)CC1. The normalized spacial score (nSPS) is 17.1. The number of nitrogens with two attached hydrogens (primary N) is 1. The van der Waals surface area contributed by atoms with E-state index in [0.29, 0.717) is 105 Å². The summed E-state index contributed by atoms with van der Waals surface area (Å²) in [5, 5.41) is 30.6. The maximum atomic E-state index is 12.6. The fourth-order valence-electron chi connectivity index (χ4n) is 3.93. The number of carboxylic acid groups (broad SMARTS) is 3. The number of aliphatic carboxylic acids is 3. The Morgan fingerprint density at radius 1 is 0.550 bits per heavy atom. The molecule has 0 aromatic heterocycles. The van der Waals surface area contributed by atoms with Crippen LogP contribution in [0.5, 0.6) is 0 Å². The van der Waals surface area contributed by atoms with Gasteiger partial charge in [0.1, 0.15) is 0 Å². The van der Waals surface area contributed by atoms with Gasteiger partial charge in [0.2, 0.25) is 5.91 Å². The average Bonchev–Trinajstić information content (AvgIpc) is 2.88. The van der Waals surface area contributed by atoms with Crippen LogP contribution in [0.25, 0.3) is 0 Å². The van der Waals surface area contributed by atoms with Crippen LogP contribution >= 0.6 is 0 Å². The van der Waals surface area contributed by atoms with Gasteiger partial charge in [-0.1, -0.05) is 0 Å². The highest BCUT2D eigenvalue weighted by atomic mass is 16.5. The molecular weight excluding hydrogens is 532 g/mol. The lowest BCUT2D eigenvalue weighted by molar-refractivity contribution is -0.140. The Labute approximate surface area is 234 Å². The molecule has 40 heavy (non-hydrogen) atoms. The van der Waals surface area contributed by atoms with Crippen molar-refractivity contribution < 1.29 is 48.7 Å². The fourth-order valence-corrected chi connectivity index (χ4v) is 3.93. The Bertz CT molecular complexity index is 715. The van der Waals surface area contributed by atoms with Crippen molar-refractivity contribution in [3.8, 4) is 0 Å². The van der Waals surface area contributed by atoms with E-state index in [1.54, 1.807) is 14.7 Å².